The van der Waals surface area contributed by atoms with Gasteiger partial charge in [0.2, 0.25) is 0 Å². The fraction of sp³-hybridized carbons (Fsp3) is 0.333. The maximum Gasteiger partial charge on any atom is 0.115 e. The van der Waals surface area contributed by atoms with Gasteiger partial charge >= 0.3 is 0 Å². The molecule has 2 aromatic carbocycles. The molecule has 0 heterocycles. The second-order valence-electron chi connectivity index (χ2n) is 5.87. The third-order valence-electron chi connectivity index (χ3n) is 4.30. The lowest BCUT2D eigenvalue weighted by Crippen LogP contribution is -2.39. The monoisotopic (exact) mass is 267 g/mol. The van der Waals surface area contributed by atoms with Crippen molar-refractivity contribution in [3.05, 3.63) is 65.2 Å². The van der Waals surface area contributed by atoms with Crippen LogP contribution in [-0.4, -0.2) is 5.11 Å². The second kappa shape index (κ2) is 5.29. The van der Waals surface area contributed by atoms with Crippen molar-refractivity contribution in [3.63, 3.8) is 0 Å². The summed E-state index contributed by atoms with van der Waals surface area (Å²) in [5, 5.41) is 9.64. The van der Waals surface area contributed by atoms with Gasteiger partial charge in [-0.05, 0) is 54.5 Å². The van der Waals surface area contributed by atoms with Crippen molar-refractivity contribution in [2.75, 3.05) is 0 Å². The Hall–Kier alpha value is -1.80. The maximum atomic E-state index is 9.64. The molecule has 0 bridgehead atoms. The van der Waals surface area contributed by atoms with E-state index in [1.807, 2.05) is 18.2 Å². The first-order valence-corrected chi connectivity index (χ1v) is 7.33. The highest BCUT2D eigenvalue weighted by Crippen LogP contribution is 2.35. The number of fused-ring (bicyclic) bond motifs is 1. The molecule has 2 aromatic rings. The third kappa shape index (κ3) is 2.56. The Morgan fingerprint density at radius 1 is 1.05 bits per heavy atom. The molecule has 20 heavy (non-hydrogen) atoms. The van der Waals surface area contributed by atoms with Crippen LogP contribution in [0.15, 0.2) is 48.5 Å². The number of phenols is 1. The van der Waals surface area contributed by atoms with Gasteiger partial charge in [-0.3, -0.25) is 0 Å². The molecule has 0 spiro atoms. The van der Waals surface area contributed by atoms with Gasteiger partial charge in [-0.1, -0.05) is 42.8 Å². The van der Waals surface area contributed by atoms with E-state index in [9.17, 15) is 5.11 Å². The minimum Gasteiger partial charge on any atom is -0.508 e. The van der Waals surface area contributed by atoms with Crippen molar-refractivity contribution in [2.24, 2.45) is 5.73 Å². The first-order chi connectivity index (χ1) is 9.67. The molecule has 3 rings (SSSR count). The normalized spacial score (nSPS) is 22.1. The van der Waals surface area contributed by atoms with Crippen LogP contribution in [0.5, 0.6) is 5.75 Å². The molecule has 0 fully saturated rings. The summed E-state index contributed by atoms with van der Waals surface area (Å²) < 4.78 is 0. The van der Waals surface area contributed by atoms with Crippen LogP contribution in [0.25, 0.3) is 0 Å². The number of benzene rings is 2. The third-order valence-corrected chi connectivity index (χ3v) is 4.30. The highest BCUT2D eigenvalue weighted by Gasteiger charge is 2.31. The molecule has 1 aliphatic rings. The van der Waals surface area contributed by atoms with Gasteiger partial charge in [0.25, 0.3) is 0 Å². The summed E-state index contributed by atoms with van der Waals surface area (Å²) in [7, 11) is 0. The van der Waals surface area contributed by atoms with Crippen molar-refractivity contribution in [1.29, 1.82) is 0 Å². The van der Waals surface area contributed by atoms with E-state index >= 15 is 0 Å². The van der Waals surface area contributed by atoms with Crippen LogP contribution >= 0.6 is 0 Å². The molecular weight excluding hydrogens is 246 g/mol. The molecule has 2 heteroatoms. The van der Waals surface area contributed by atoms with Gasteiger partial charge in [0.05, 0.1) is 0 Å². The molecule has 2 nitrogen and oxygen atoms in total. The molecule has 0 aliphatic heterocycles. The topological polar surface area (TPSA) is 46.2 Å². The average Bonchev–Trinajstić information content (AvgIpc) is 2.59. The number of hydrogen-bond donors (Lipinski definition) is 2. The zero-order chi connectivity index (χ0) is 14.0. The minimum atomic E-state index is -0.319. The van der Waals surface area contributed by atoms with Crippen LogP contribution in [0.1, 0.15) is 36.0 Å². The molecular formula is C18H21NO. The highest BCUT2D eigenvalue weighted by molar-refractivity contribution is 5.37. The Kier molecular flexibility index (Phi) is 3.49. The lowest BCUT2D eigenvalue weighted by molar-refractivity contribution is 0.397. The molecule has 104 valence electrons. The van der Waals surface area contributed by atoms with Crippen LogP contribution < -0.4 is 5.73 Å². The van der Waals surface area contributed by atoms with Gasteiger partial charge in [-0.15, -0.1) is 0 Å². The van der Waals surface area contributed by atoms with Gasteiger partial charge in [-0.2, -0.15) is 0 Å². The number of phenolic OH excluding ortho intramolecular Hbond substituents is 1. The summed E-state index contributed by atoms with van der Waals surface area (Å²) in [6.45, 7) is 0. The minimum absolute atomic E-state index is 0.313. The van der Waals surface area contributed by atoms with Crippen LogP contribution in [0.3, 0.4) is 0 Å². The Morgan fingerprint density at radius 3 is 2.75 bits per heavy atom. The summed E-state index contributed by atoms with van der Waals surface area (Å²) >= 11 is 0. The first kappa shape index (κ1) is 13.2. The highest BCUT2D eigenvalue weighted by atomic mass is 16.3. The molecule has 0 radical (unpaired) electrons. The van der Waals surface area contributed by atoms with Crippen molar-refractivity contribution in [3.8, 4) is 5.75 Å². The van der Waals surface area contributed by atoms with E-state index in [1.54, 1.807) is 6.07 Å². The summed E-state index contributed by atoms with van der Waals surface area (Å²) in [4.78, 5) is 0. The lowest BCUT2D eigenvalue weighted by Gasteiger charge is -2.30. The predicted octanol–water partition coefficient (Wildman–Crippen LogP) is 3.52. The number of aryl methyl sites for hydroxylation is 1. The number of rotatable bonds is 2. The van der Waals surface area contributed by atoms with Crippen LogP contribution in [0, 0.1) is 0 Å². The Bertz CT molecular complexity index is 608. The number of hydrogen-bond acceptors (Lipinski definition) is 2. The summed E-state index contributed by atoms with van der Waals surface area (Å²) in [6, 6.07) is 16.0. The predicted molar refractivity (Wildman–Crippen MR) is 81.7 cm³/mol. The number of nitrogens with two attached hydrogens (primary N) is 1. The van der Waals surface area contributed by atoms with Crippen LogP contribution in [-0.2, 0) is 18.4 Å². The van der Waals surface area contributed by atoms with E-state index in [1.165, 1.54) is 17.5 Å². The maximum absolute atomic E-state index is 9.64. The Labute approximate surface area is 120 Å². The van der Waals surface area contributed by atoms with E-state index in [-0.39, 0.29) is 5.54 Å². The van der Waals surface area contributed by atoms with Crippen molar-refractivity contribution < 1.29 is 5.11 Å². The summed E-state index contributed by atoms with van der Waals surface area (Å²) in [5.74, 6) is 0.313. The Morgan fingerprint density at radius 2 is 1.90 bits per heavy atom. The standard InChI is InChI=1S/C18H21NO/c19-18(13-14-6-5-9-16(20)12-14)11-4-3-8-15-7-1-2-10-17(15)18/h1-2,5-7,9-10,12,20H,3-4,8,11,13,19H2. The van der Waals surface area contributed by atoms with E-state index in [4.69, 9.17) is 5.73 Å². The molecule has 0 amide bonds. The molecule has 0 aromatic heterocycles. The van der Waals surface area contributed by atoms with Gasteiger partial charge in [0.1, 0.15) is 5.75 Å². The van der Waals surface area contributed by atoms with E-state index in [0.717, 1.165) is 31.2 Å². The molecule has 0 saturated carbocycles. The number of aromatic hydroxyl groups is 1. The fourth-order valence-electron chi connectivity index (χ4n) is 3.33. The van der Waals surface area contributed by atoms with Crippen molar-refractivity contribution >= 4 is 0 Å². The summed E-state index contributed by atoms with van der Waals surface area (Å²) in [5.41, 5.74) is 10.2. The van der Waals surface area contributed by atoms with E-state index < -0.39 is 0 Å². The molecule has 1 aliphatic carbocycles. The van der Waals surface area contributed by atoms with Gasteiger partial charge in [-0.25, -0.2) is 0 Å². The zero-order valence-electron chi connectivity index (χ0n) is 11.7. The first-order valence-electron chi connectivity index (χ1n) is 7.33. The zero-order valence-corrected chi connectivity index (χ0v) is 11.7. The van der Waals surface area contributed by atoms with E-state index in [2.05, 4.69) is 24.3 Å². The second-order valence-corrected chi connectivity index (χ2v) is 5.87. The largest absolute Gasteiger partial charge is 0.508 e. The van der Waals surface area contributed by atoms with Gasteiger partial charge in [0.15, 0.2) is 0 Å². The van der Waals surface area contributed by atoms with Crippen LogP contribution in [0.4, 0.5) is 0 Å². The average molecular weight is 267 g/mol. The van der Waals surface area contributed by atoms with Crippen molar-refractivity contribution in [2.45, 2.75) is 37.6 Å². The van der Waals surface area contributed by atoms with E-state index in [0.29, 0.717) is 5.75 Å². The Balaban J connectivity index is 1.98. The summed E-state index contributed by atoms with van der Waals surface area (Å²) in [6.07, 6.45) is 5.26. The molecule has 3 N–H and O–H groups in total. The quantitative estimate of drug-likeness (QED) is 0.818. The van der Waals surface area contributed by atoms with Crippen molar-refractivity contribution in [1.82, 2.24) is 0 Å². The van der Waals surface area contributed by atoms with Gasteiger partial charge < -0.3 is 10.8 Å². The smallest absolute Gasteiger partial charge is 0.115 e. The molecule has 0 saturated heterocycles. The van der Waals surface area contributed by atoms with Crippen LogP contribution in [0.2, 0.25) is 0 Å². The molecule has 1 atom stereocenters. The lowest BCUT2D eigenvalue weighted by atomic mass is 9.80. The SMILES string of the molecule is NC1(Cc2cccc(O)c2)CCCCc2ccccc21. The fourth-order valence-corrected chi connectivity index (χ4v) is 3.33. The molecule has 1 unspecified atom stereocenters. The van der Waals surface area contributed by atoms with Gasteiger partial charge in [0, 0.05) is 5.54 Å².